The van der Waals surface area contributed by atoms with Gasteiger partial charge >= 0.3 is 6.03 Å². The number of nitrogens with one attached hydrogen (secondary N) is 1. The lowest BCUT2D eigenvalue weighted by Gasteiger charge is -2.26. The highest BCUT2D eigenvalue weighted by Gasteiger charge is 2.50. The van der Waals surface area contributed by atoms with Gasteiger partial charge in [-0.1, -0.05) is 0 Å². The molecule has 1 saturated carbocycles. The van der Waals surface area contributed by atoms with Crippen molar-refractivity contribution in [1.82, 2.24) is 14.3 Å². The van der Waals surface area contributed by atoms with E-state index in [1.54, 1.807) is 4.90 Å². The minimum atomic E-state index is -2.97. The third-order valence-corrected chi connectivity index (χ3v) is 7.02. The monoisotopic (exact) mass is 314 g/mol. The van der Waals surface area contributed by atoms with E-state index in [0.717, 1.165) is 18.7 Å². The molecule has 2 amide bonds. The molecule has 3 heterocycles. The Morgan fingerprint density at radius 2 is 2.20 bits per heavy atom. The number of urea groups is 1. The quantitative estimate of drug-likeness (QED) is 0.872. The van der Waals surface area contributed by atoms with Gasteiger partial charge in [0.2, 0.25) is 5.13 Å². The van der Waals surface area contributed by atoms with Gasteiger partial charge in [-0.25, -0.2) is 18.2 Å². The van der Waals surface area contributed by atoms with Crippen molar-refractivity contribution in [2.45, 2.75) is 36.5 Å². The summed E-state index contributed by atoms with van der Waals surface area (Å²) in [6.07, 6.45) is 2.81. The van der Waals surface area contributed by atoms with Crippen molar-refractivity contribution in [2.24, 2.45) is 0 Å². The molecule has 3 fully saturated rings. The van der Waals surface area contributed by atoms with Crippen LogP contribution in [0.5, 0.6) is 0 Å². The second-order valence-corrected chi connectivity index (χ2v) is 8.73. The molecule has 2 saturated heterocycles. The SMILES string of the molecule is O=C(Nc1nc(C2CC2)ns1)N1C[C@@H]2C[C@H]1CS2(=O)=O. The number of sulfone groups is 1. The number of rotatable bonds is 2. The second-order valence-electron chi connectivity index (χ2n) is 5.66. The van der Waals surface area contributed by atoms with E-state index < -0.39 is 9.84 Å². The molecule has 2 aliphatic heterocycles. The largest absolute Gasteiger partial charge is 0.324 e. The first-order chi connectivity index (χ1) is 9.53. The molecule has 0 unspecified atom stereocenters. The number of hydrogen-bond acceptors (Lipinski definition) is 6. The molecule has 4 rings (SSSR count). The third-order valence-electron chi connectivity index (χ3n) is 4.17. The molecule has 1 aromatic rings. The van der Waals surface area contributed by atoms with Crippen molar-refractivity contribution in [2.75, 3.05) is 17.6 Å². The Kier molecular flexibility index (Phi) is 2.59. The molecule has 0 aromatic carbocycles. The smallest absolute Gasteiger partial charge is 0.319 e. The van der Waals surface area contributed by atoms with Crippen molar-refractivity contribution in [3.8, 4) is 0 Å². The highest BCUT2D eigenvalue weighted by Crippen LogP contribution is 2.39. The number of aromatic nitrogens is 2. The molecular weight excluding hydrogens is 300 g/mol. The Labute approximate surface area is 120 Å². The van der Waals surface area contributed by atoms with Crippen LogP contribution in [0.1, 0.15) is 31.0 Å². The minimum absolute atomic E-state index is 0.0918. The van der Waals surface area contributed by atoms with Crippen LogP contribution in [0.15, 0.2) is 0 Å². The van der Waals surface area contributed by atoms with E-state index >= 15 is 0 Å². The van der Waals surface area contributed by atoms with E-state index in [1.165, 1.54) is 11.5 Å². The summed E-state index contributed by atoms with van der Waals surface area (Å²) in [5.41, 5.74) is 0. The summed E-state index contributed by atoms with van der Waals surface area (Å²) >= 11 is 1.19. The zero-order valence-electron chi connectivity index (χ0n) is 10.7. The van der Waals surface area contributed by atoms with Crippen molar-refractivity contribution >= 4 is 32.5 Å². The normalized spacial score (nSPS) is 30.7. The van der Waals surface area contributed by atoms with Gasteiger partial charge in [0.15, 0.2) is 9.84 Å². The van der Waals surface area contributed by atoms with Crippen molar-refractivity contribution < 1.29 is 13.2 Å². The fraction of sp³-hybridized carbons (Fsp3) is 0.727. The Hall–Kier alpha value is -1.22. The van der Waals surface area contributed by atoms with E-state index in [2.05, 4.69) is 14.7 Å². The number of hydrogen-bond donors (Lipinski definition) is 1. The molecule has 0 spiro atoms. The van der Waals surface area contributed by atoms with Crippen LogP contribution in [0.3, 0.4) is 0 Å². The van der Waals surface area contributed by atoms with Crippen molar-refractivity contribution in [3.63, 3.8) is 0 Å². The van der Waals surface area contributed by atoms with Gasteiger partial charge in [-0.15, -0.1) is 0 Å². The zero-order chi connectivity index (χ0) is 13.9. The highest BCUT2D eigenvalue weighted by molar-refractivity contribution is 7.92. The lowest BCUT2D eigenvalue weighted by molar-refractivity contribution is 0.209. The Morgan fingerprint density at radius 1 is 1.40 bits per heavy atom. The highest BCUT2D eigenvalue weighted by atomic mass is 32.2. The van der Waals surface area contributed by atoms with Gasteiger partial charge < -0.3 is 4.90 Å². The number of anilines is 1. The van der Waals surface area contributed by atoms with E-state index in [0.29, 0.717) is 24.0 Å². The van der Waals surface area contributed by atoms with Gasteiger partial charge in [0.05, 0.1) is 11.0 Å². The molecule has 1 aromatic heterocycles. The Bertz CT molecular complexity index is 667. The van der Waals surface area contributed by atoms with Gasteiger partial charge in [0.1, 0.15) is 5.82 Å². The number of amides is 2. The maximum Gasteiger partial charge on any atom is 0.324 e. The van der Waals surface area contributed by atoms with Crippen LogP contribution in [0, 0.1) is 0 Å². The van der Waals surface area contributed by atoms with Crippen LogP contribution in [-0.4, -0.2) is 52.3 Å². The molecule has 1 N–H and O–H groups in total. The third kappa shape index (κ3) is 1.99. The molecule has 9 heteroatoms. The lowest BCUT2D eigenvalue weighted by Crippen LogP contribution is -2.46. The standard InChI is InChI=1S/C11H14N4O3S2/c16-11(13-10-12-9(14-19-10)6-1-2-6)15-4-8-3-7(15)5-20(8,17)18/h6-8H,1-5H2,(H,12,13,14,16)/t7-,8-/m0/s1. The van der Waals surface area contributed by atoms with E-state index in [9.17, 15) is 13.2 Å². The first-order valence-electron chi connectivity index (χ1n) is 6.66. The summed E-state index contributed by atoms with van der Waals surface area (Å²) < 4.78 is 27.5. The van der Waals surface area contributed by atoms with Crippen LogP contribution in [0.2, 0.25) is 0 Å². The summed E-state index contributed by atoms with van der Waals surface area (Å²) in [6.45, 7) is 0.299. The summed E-state index contributed by atoms with van der Waals surface area (Å²) in [5.74, 6) is 1.37. The minimum Gasteiger partial charge on any atom is -0.319 e. The van der Waals surface area contributed by atoms with Crippen LogP contribution < -0.4 is 5.32 Å². The van der Waals surface area contributed by atoms with E-state index in [4.69, 9.17) is 0 Å². The molecule has 108 valence electrons. The number of carbonyl (C=O) groups is 1. The van der Waals surface area contributed by atoms with Gasteiger partial charge in [0, 0.05) is 30.0 Å². The molecule has 0 radical (unpaired) electrons. The van der Waals surface area contributed by atoms with E-state index in [-0.39, 0.29) is 23.1 Å². The average molecular weight is 314 g/mol. The van der Waals surface area contributed by atoms with Gasteiger partial charge in [-0.2, -0.15) is 4.37 Å². The van der Waals surface area contributed by atoms with Crippen molar-refractivity contribution in [3.05, 3.63) is 5.82 Å². The van der Waals surface area contributed by atoms with Crippen molar-refractivity contribution in [1.29, 1.82) is 0 Å². The zero-order valence-corrected chi connectivity index (χ0v) is 12.3. The predicted octanol–water partition coefficient (Wildman–Crippen LogP) is 0.819. The molecule has 2 atom stereocenters. The summed E-state index contributed by atoms with van der Waals surface area (Å²) in [5, 5.41) is 2.86. The Morgan fingerprint density at radius 3 is 2.80 bits per heavy atom. The second kappa shape index (κ2) is 4.14. The van der Waals surface area contributed by atoms with Crippen LogP contribution in [-0.2, 0) is 9.84 Å². The first-order valence-corrected chi connectivity index (χ1v) is 9.14. The molecule has 7 nitrogen and oxygen atoms in total. The number of nitrogens with zero attached hydrogens (tertiary/aromatic N) is 3. The molecular formula is C11H14N4O3S2. The lowest BCUT2D eigenvalue weighted by atomic mass is 10.2. The Balaban J connectivity index is 1.43. The van der Waals surface area contributed by atoms with Gasteiger partial charge in [0.25, 0.3) is 0 Å². The summed E-state index contributed by atoms with van der Waals surface area (Å²) in [6, 6.07) is -0.438. The predicted molar refractivity (Wildman–Crippen MR) is 73.6 cm³/mol. The number of carbonyl (C=O) groups excluding carboxylic acids is 1. The fourth-order valence-corrected chi connectivity index (χ4v) is 5.57. The van der Waals surface area contributed by atoms with E-state index in [1.807, 2.05) is 0 Å². The van der Waals surface area contributed by atoms with Crippen LogP contribution >= 0.6 is 11.5 Å². The van der Waals surface area contributed by atoms with Gasteiger partial charge in [-0.3, -0.25) is 5.32 Å². The number of fused-ring (bicyclic) bond motifs is 2. The number of likely N-dealkylation sites (tertiary alicyclic amines) is 1. The van der Waals surface area contributed by atoms with Crippen LogP contribution in [0.4, 0.5) is 9.93 Å². The molecule has 20 heavy (non-hydrogen) atoms. The summed E-state index contributed by atoms with van der Waals surface area (Å²) in [7, 11) is -2.97. The molecule has 3 aliphatic rings. The summed E-state index contributed by atoms with van der Waals surface area (Å²) in [4.78, 5) is 18.1. The topological polar surface area (TPSA) is 92.3 Å². The van der Waals surface area contributed by atoms with Crippen LogP contribution in [0.25, 0.3) is 0 Å². The maximum absolute atomic E-state index is 12.2. The average Bonchev–Trinajstić information content (AvgIpc) is 2.86. The van der Waals surface area contributed by atoms with Gasteiger partial charge in [-0.05, 0) is 19.3 Å². The fourth-order valence-electron chi connectivity index (χ4n) is 2.90. The molecule has 1 aliphatic carbocycles. The molecule has 2 bridgehead atoms. The first kappa shape index (κ1) is 12.5. The maximum atomic E-state index is 12.2.